The number of carboxylic acids is 1. The van der Waals surface area contributed by atoms with E-state index in [1.807, 2.05) is 32.0 Å². The molecule has 0 aliphatic rings. The molecular formula is C13H18O4S. The molecule has 0 saturated carbocycles. The minimum atomic E-state index is -3.40. The molecule has 0 aliphatic heterocycles. The van der Waals surface area contributed by atoms with Crippen molar-refractivity contribution in [3.63, 3.8) is 0 Å². The van der Waals surface area contributed by atoms with Gasteiger partial charge in [-0.25, -0.2) is 8.42 Å². The molecule has 1 atom stereocenters. The fourth-order valence-corrected chi connectivity index (χ4v) is 3.51. The van der Waals surface area contributed by atoms with Crippen molar-refractivity contribution >= 4 is 15.8 Å². The molecule has 0 saturated heterocycles. The molecule has 100 valence electrons. The molecule has 0 bridgehead atoms. The van der Waals surface area contributed by atoms with Crippen LogP contribution in [0.5, 0.6) is 0 Å². The van der Waals surface area contributed by atoms with Gasteiger partial charge in [0.2, 0.25) is 0 Å². The number of aryl methyl sites for hydroxylation is 2. The molecule has 0 spiro atoms. The van der Waals surface area contributed by atoms with Crippen LogP contribution in [0.2, 0.25) is 0 Å². The van der Waals surface area contributed by atoms with Crippen LogP contribution < -0.4 is 0 Å². The highest BCUT2D eigenvalue weighted by Gasteiger charge is 2.21. The second-order valence-corrected chi connectivity index (χ2v) is 6.83. The number of hydrogen-bond acceptors (Lipinski definition) is 3. The van der Waals surface area contributed by atoms with Gasteiger partial charge < -0.3 is 5.11 Å². The van der Waals surface area contributed by atoms with Crippen LogP contribution in [0.25, 0.3) is 0 Å². The third-order valence-corrected chi connectivity index (χ3v) is 4.56. The van der Waals surface area contributed by atoms with Gasteiger partial charge >= 0.3 is 5.97 Å². The zero-order chi connectivity index (χ0) is 13.9. The molecule has 18 heavy (non-hydrogen) atoms. The van der Waals surface area contributed by atoms with Gasteiger partial charge in [-0.2, -0.15) is 0 Å². The Bertz CT molecular complexity index is 546. The number of sulfone groups is 1. The van der Waals surface area contributed by atoms with Crippen molar-refractivity contribution in [2.75, 3.05) is 5.75 Å². The second kappa shape index (κ2) is 5.52. The van der Waals surface area contributed by atoms with Gasteiger partial charge in [0.25, 0.3) is 0 Å². The molecule has 1 rings (SSSR count). The minimum absolute atomic E-state index is 0.0991. The van der Waals surface area contributed by atoms with E-state index in [0.29, 0.717) is 0 Å². The van der Waals surface area contributed by atoms with Gasteiger partial charge in [-0.1, -0.05) is 30.7 Å². The molecule has 5 heteroatoms. The Morgan fingerprint density at radius 3 is 2.50 bits per heavy atom. The van der Waals surface area contributed by atoms with Crippen molar-refractivity contribution < 1.29 is 18.3 Å². The van der Waals surface area contributed by atoms with E-state index in [4.69, 9.17) is 5.11 Å². The highest BCUT2D eigenvalue weighted by Crippen LogP contribution is 2.16. The van der Waals surface area contributed by atoms with E-state index in [2.05, 4.69) is 0 Å². The first kappa shape index (κ1) is 14.7. The lowest BCUT2D eigenvalue weighted by molar-refractivity contribution is -0.140. The largest absolute Gasteiger partial charge is 0.481 e. The maximum atomic E-state index is 11.9. The van der Waals surface area contributed by atoms with Gasteiger partial charge in [-0.15, -0.1) is 0 Å². The topological polar surface area (TPSA) is 71.4 Å². The number of carbonyl (C=O) groups is 1. The molecule has 0 aliphatic carbocycles. The van der Waals surface area contributed by atoms with E-state index < -0.39 is 21.7 Å². The first-order chi connectivity index (χ1) is 8.21. The van der Waals surface area contributed by atoms with Crippen molar-refractivity contribution in [3.8, 4) is 0 Å². The van der Waals surface area contributed by atoms with Crippen LogP contribution in [0.1, 0.15) is 23.6 Å². The summed E-state index contributed by atoms with van der Waals surface area (Å²) in [6, 6.07) is 5.63. The van der Waals surface area contributed by atoms with E-state index in [1.54, 1.807) is 0 Å². The summed E-state index contributed by atoms with van der Waals surface area (Å²) in [5.74, 6) is -2.38. The minimum Gasteiger partial charge on any atom is -0.481 e. The second-order valence-electron chi connectivity index (χ2n) is 4.72. The van der Waals surface area contributed by atoms with Gasteiger partial charge in [0, 0.05) is 0 Å². The lowest BCUT2D eigenvalue weighted by Gasteiger charge is -2.10. The van der Waals surface area contributed by atoms with Crippen LogP contribution in [0.4, 0.5) is 0 Å². The molecule has 1 aromatic rings. The lowest BCUT2D eigenvalue weighted by atomic mass is 10.1. The van der Waals surface area contributed by atoms with Crippen LogP contribution in [-0.2, 0) is 20.4 Å². The zero-order valence-electron chi connectivity index (χ0n) is 10.8. The number of benzene rings is 1. The van der Waals surface area contributed by atoms with E-state index in [-0.39, 0.29) is 11.5 Å². The predicted octanol–water partition coefficient (Wildman–Crippen LogP) is 1.94. The summed E-state index contributed by atoms with van der Waals surface area (Å²) in [5.41, 5.74) is 2.65. The molecule has 0 heterocycles. The van der Waals surface area contributed by atoms with Gasteiger partial charge in [0.05, 0.1) is 17.4 Å². The normalized spacial score (nSPS) is 13.3. The molecule has 1 N–H and O–H groups in total. The maximum Gasteiger partial charge on any atom is 0.307 e. The van der Waals surface area contributed by atoms with E-state index in [0.717, 1.165) is 16.7 Å². The highest BCUT2D eigenvalue weighted by molar-refractivity contribution is 7.90. The summed E-state index contributed by atoms with van der Waals surface area (Å²) in [5, 5.41) is 8.75. The Kier molecular flexibility index (Phi) is 4.51. The summed E-state index contributed by atoms with van der Waals surface area (Å²) in [7, 11) is -3.40. The van der Waals surface area contributed by atoms with Gasteiger partial charge in [-0.05, 0) is 25.0 Å². The van der Waals surface area contributed by atoms with Gasteiger partial charge in [0.1, 0.15) is 0 Å². The molecule has 1 unspecified atom stereocenters. The molecule has 1 aromatic carbocycles. The third-order valence-electron chi connectivity index (χ3n) is 2.81. The van der Waals surface area contributed by atoms with Crippen LogP contribution in [0, 0.1) is 19.8 Å². The third kappa shape index (κ3) is 4.14. The molecular weight excluding hydrogens is 252 g/mol. The highest BCUT2D eigenvalue weighted by atomic mass is 32.2. The van der Waals surface area contributed by atoms with Crippen LogP contribution >= 0.6 is 0 Å². The van der Waals surface area contributed by atoms with E-state index in [1.165, 1.54) is 6.92 Å². The standard InChI is InChI=1S/C13H18O4S/c1-9-4-5-10(2)12(6-9)8-18(16,17)7-11(3)13(14)15/h4-6,11H,7-8H2,1-3H3,(H,14,15). The first-order valence-electron chi connectivity index (χ1n) is 5.70. The van der Waals surface area contributed by atoms with Crippen molar-refractivity contribution in [1.82, 2.24) is 0 Å². The van der Waals surface area contributed by atoms with Crippen LogP contribution in [0.3, 0.4) is 0 Å². The van der Waals surface area contributed by atoms with Crippen LogP contribution in [0.15, 0.2) is 18.2 Å². The van der Waals surface area contributed by atoms with E-state index >= 15 is 0 Å². The van der Waals surface area contributed by atoms with Crippen molar-refractivity contribution in [3.05, 3.63) is 34.9 Å². The average Bonchev–Trinajstić information content (AvgIpc) is 2.22. The first-order valence-corrected chi connectivity index (χ1v) is 7.53. The Morgan fingerprint density at radius 2 is 1.94 bits per heavy atom. The predicted molar refractivity (Wildman–Crippen MR) is 70.2 cm³/mol. The summed E-state index contributed by atoms with van der Waals surface area (Å²) < 4.78 is 23.8. The number of rotatable bonds is 5. The van der Waals surface area contributed by atoms with Gasteiger partial charge in [0.15, 0.2) is 9.84 Å². The van der Waals surface area contributed by atoms with Crippen molar-refractivity contribution in [2.24, 2.45) is 5.92 Å². The van der Waals surface area contributed by atoms with Crippen molar-refractivity contribution in [1.29, 1.82) is 0 Å². The summed E-state index contributed by atoms with van der Waals surface area (Å²) >= 11 is 0. The number of carboxylic acid groups (broad SMARTS) is 1. The monoisotopic (exact) mass is 270 g/mol. The smallest absolute Gasteiger partial charge is 0.307 e. The summed E-state index contributed by atoms with van der Waals surface area (Å²) in [4.78, 5) is 10.7. The fourth-order valence-electron chi connectivity index (χ4n) is 1.70. The molecule has 4 nitrogen and oxygen atoms in total. The zero-order valence-corrected chi connectivity index (χ0v) is 11.6. The maximum absolute atomic E-state index is 11.9. The summed E-state index contributed by atoms with van der Waals surface area (Å²) in [6.45, 7) is 5.16. The Morgan fingerprint density at radius 1 is 1.33 bits per heavy atom. The van der Waals surface area contributed by atoms with E-state index in [9.17, 15) is 13.2 Å². The lowest BCUT2D eigenvalue weighted by Crippen LogP contribution is -2.22. The Hall–Kier alpha value is -1.36. The SMILES string of the molecule is Cc1ccc(C)c(CS(=O)(=O)CC(C)C(=O)O)c1. The molecule has 0 amide bonds. The molecule has 0 fully saturated rings. The van der Waals surface area contributed by atoms with Crippen LogP contribution in [-0.4, -0.2) is 25.2 Å². The molecule has 0 radical (unpaired) electrons. The Labute approximate surface area is 108 Å². The average molecular weight is 270 g/mol. The number of hydrogen-bond donors (Lipinski definition) is 1. The fraction of sp³-hybridized carbons (Fsp3) is 0.462. The number of aliphatic carboxylic acids is 1. The quantitative estimate of drug-likeness (QED) is 0.887. The van der Waals surface area contributed by atoms with Crippen molar-refractivity contribution in [2.45, 2.75) is 26.5 Å². The Balaban J connectivity index is 2.89. The molecule has 0 aromatic heterocycles. The van der Waals surface area contributed by atoms with Gasteiger partial charge in [-0.3, -0.25) is 4.79 Å². The summed E-state index contributed by atoms with van der Waals surface area (Å²) in [6.07, 6.45) is 0.